The summed E-state index contributed by atoms with van der Waals surface area (Å²) in [6.07, 6.45) is 2.01. The predicted octanol–water partition coefficient (Wildman–Crippen LogP) is 5.24. The smallest absolute Gasteiger partial charge is 0.343 e. The van der Waals surface area contributed by atoms with Crippen LogP contribution in [0.15, 0.2) is 54.6 Å². The fourth-order valence-corrected chi connectivity index (χ4v) is 4.15. The largest absolute Gasteiger partial charge is 0.423 e. The molecule has 0 saturated heterocycles. The molecule has 2 rings (SSSR count). The molecule has 0 heterocycles. The molecular weight excluding hydrogens is 490 g/mol. The molecule has 0 aliphatic heterocycles. The number of benzene rings is 2. The Labute approximate surface area is 234 Å². The molecule has 0 fully saturated rings. The molecule has 0 bridgehead atoms. The second kappa shape index (κ2) is 14.8. The Hall–Kier alpha value is -3.19. The molecule has 0 radical (unpaired) electrons. The second-order valence-electron chi connectivity index (χ2n) is 12.2. The molecule has 0 aromatic heterocycles. The zero-order valence-electron chi connectivity index (χ0n) is 24.9. The van der Waals surface area contributed by atoms with Gasteiger partial charge in [-0.1, -0.05) is 58.0 Å². The average Bonchev–Trinajstić information content (AvgIpc) is 2.85. The number of hydrogen-bond donors (Lipinski definition) is 2. The number of likely N-dealkylation sites (N-methyl/N-ethyl adjacent to an activating group) is 1. The summed E-state index contributed by atoms with van der Waals surface area (Å²) in [6, 6.07) is 14.8. The molecule has 7 nitrogen and oxygen atoms in total. The summed E-state index contributed by atoms with van der Waals surface area (Å²) in [7, 11) is 1.98. The maximum atomic E-state index is 13.6. The molecule has 2 aromatic carbocycles. The zero-order valence-corrected chi connectivity index (χ0v) is 24.9. The highest BCUT2D eigenvalue weighted by Crippen LogP contribution is 2.17. The van der Waals surface area contributed by atoms with E-state index in [9.17, 15) is 14.4 Å². The minimum atomic E-state index is -0.748. The zero-order chi connectivity index (χ0) is 29.2. The van der Waals surface area contributed by atoms with E-state index in [0.717, 1.165) is 18.5 Å². The Bertz CT molecular complexity index is 1060. The van der Waals surface area contributed by atoms with Crippen molar-refractivity contribution in [1.82, 2.24) is 15.5 Å². The highest BCUT2D eigenvalue weighted by Gasteiger charge is 2.30. The summed E-state index contributed by atoms with van der Waals surface area (Å²) >= 11 is 0. The lowest BCUT2D eigenvalue weighted by molar-refractivity contribution is -0.132. The molecule has 2 aromatic rings. The first kappa shape index (κ1) is 32.0. The summed E-state index contributed by atoms with van der Waals surface area (Å²) in [6.45, 7) is 15.1. The standard InChI is InChI=1S/C32H47N3O4/c1-22(2)18-19-35(8)28(20-23(3)4)30(37)33-27(29(36)34-32(5,6)7)21-24-14-16-26(17-15-24)39-31(38)25-12-10-9-11-13-25/h9-17,22-23,27-28H,18-21H2,1-8H3,(H,33,37)(H,34,36)/t27-,28+/m0/s1. The minimum Gasteiger partial charge on any atom is -0.423 e. The van der Waals surface area contributed by atoms with Gasteiger partial charge in [0.1, 0.15) is 11.8 Å². The molecular formula is C32H47N3O4. The van der Waals surface area contributed by atoms with Gasteiger partial charge in [-0.2, -0.15) is 0 Å². The quantitative estimate of drug-likeness (QED) is 0.270. The van der Waals surface area contributed by atoms with Crippen LogP contribution in [0.2, 0.25) is 0 Å². The molecule has 0 spiro atoms. The highest BCUT2D eigenvalue weighted by atomic mass is 16.5. The van der Waals surface area contributed by atoms with Crippen LogP contribution in [-0.4, -0.2) is 53.9 Å². The molecule has 2 N–H and O–H groups in total. The Balaban J connectivity index is 2.18. The van der Waals surface area contributed by atoms with Crippen LogP contribution in [0, 0.1) is 11.8 Å². The molecule has 0 unspecified atom stereocenters. The molecule has 0 saturated carbocycles. The molecule has 0 aliphatic carbocycles. The predicted molar refractivity (Wildman–Crippen MR) is 157 cm³/mol. The summed E-state index contributed by atoms with van der Waals surface area (Å²) in [5, 5.41) is 6.07. The van der Waals surface area contributed by atoms with E-state index in [1.165, 1.54) is 0 Å². The van der Waals surface area contributed by atoms with Crippen molar-refractivity contribution in [1.29, 1.82) is 0 Å². The lowest BCUT2D eigenvalue weighted by atomic mass is 9.99. The monoisotopic (exact) mass is 537 g/mol. The van der Waals surface area contributed by atoms with Gasteiger partial charge in [-0.15, -0.1) is 0 Å². The van der Waals surface area contributed by atoms with Gasteiger partial charge >= 0.3 is 5.97 Å². The van der Waals surface area contributed by atoms with E-state index in [2.05, 4.69) is 43.2 Å². The summed E-state index contributed by atoms with van der Waals surface area (Å²) in [5.41, 5.74) is 0.871. The number of nitrogens with zero attached hydrogens (tertiary/aromatic N) is 1. The van der Waals surface area contributed by atoms with Crippen LogP contribution in [0.4, 0.5) is 0 Å². The van der Waals surface area contributed by atoms with E-state index in [-0.39, 0.29) is 17.9 Å². The first-order valence-corrected chi connectivity index (χ1v) is 13.9. The van der Waals surface area contributed by atoms with Gasteiger partial charge in [0.05, 0.1) is 11.6 Å². The number of carbonyl (C=O) groups is 3. The Kier molecular flexibility index (Phi) is 12.2. The third-order valence-corrected chi connectivity index (χ3v) is 6.30. The fourth-order valence-electron chi connectivity index (χ4n) is 4.15. The second-order valence-corrected chi connectivity index (χ2v) is 12.2. The van der Waals surface area contributed by atoms with Crippen molar-refractivity contribution < 1.29 is 19.1 Å². The first-order chi connectivity index (χ1) is 18.2. The topological polar surface area (TPSA) is 87.7 Å². The average molecular weight is 538 g/mol. The van der Waals surface area contributed by atoms with Crippen LogP contribution in [0.5, 0.6) is 5.75 Å². The van der Waals surface area contributed by atoms with Gasteiger partial charge < -0.3 is 15.4 Å². The van der Waals surface area contributed by atoms with Crippen LogP contribution in [0.1, 0.15) is 77.2 Å². The number of amides is 2. The Morgan fingerprint density at radius 3 is 2.03 bits per heavy atom. The number of nitrogens with one attached hydrogen (secondary N) is 2. The SMILES string of the molecule is CC(C)CCN(C)[C@H](CC(C)C)C(=O)N[C@@H](Cc1ccc(OC(=O)c2ccccc2)cc1)C(=O)NC(C)(C)C. The minimum absolute atomic E-state index is 0.141. The number of hydrogen-bond acceptors (Lipinski definition) is 5. The van der Waals surface area contributed by atoms with Gasteiger partial charge in [0.2, 0.25) is 11.8 Å². The number of carbonyl (C=O) groups excluding carboxylic acids is 3. The van der Waals surface area contributed by atoms with E-state index in [4.69, 9.17) is 4.74 Å². The van der Waals surface area contributed by atoms with E-state index < -0.39 is 17.6 Å². The lowest BCUT2D eigenvalue weighted by Crippen LogP contribution is -2.56. The van der Waals surface area contributed by atoms with Gasteiger partial charge in [-0.3, -0.25) is 14.5 Å². The molecule has 214 valence electrons. The normalized spacial score (nSPS) is 13.3. The van der Waals surface area contributed by atoms with Gasteiger partial charge in [-0.05, 0) is 88.9 Å². The molecule has 0 aliphatic rings. The van der Waals surface area contributed by atoms with E-state index >= 15 is 0 Å². The van der Waals surface area contributed by atoms with Gasteiger partial charge in [0.25, 0.3) is 0 Å². The molecule has 2 atom stereocenters. The molecule has 7 heteroatoms. The Morgan fingerprint density at radius 2 is 1.49 bits per heavy atom. The third kappa shape index (κ3) is 11.6. The van der Waals surface area contributed by atoms with Crippen molar-refractivity contribution in [3.05, 3.63) is 65.7 Å². The van der Waals surface area contributed by atoms with Gasteiger partial charge in [-0.25, -0.2) is 4.79 Å². The molecule has 39 heavy (non-hydrogen) atoms. The van der Waals surface area contributed by atoms with Crippen LogP contribution < -0.4 is 15.4 Å². The van der Waals surface area contributed by atoms with E-state index in [0.29, 0.717) is 36.0 Å². The Morgan fingerprint density at radius 1 is 0.872 bits per heavy atom. The summed E-state index contributed by atoms with van der Waals surface area (Å²) in [4.78, 5) is 41.3. The fraction of sp³-hybridized carbons (Fsp3) is 0.531. The van der Waals surface area contributed by atoms with Crippen molar-refractivity contribution in [2.45, 2.75) is 85.4 Å². The molecule has 2 amide bonds. The van der Waals surface area contributed by atoms with Crippen molar-refractivity contribution in [3.8, 4) is 5.75 Å². The van der Waals surface area contributed by atoms with E-state index in [1.54, 1.807) is 36.4 Å². The lowest BCUT2D eigenvalue weighted by Gasteiger charge is -2.31. The van der Waals surface area contributed by atoms with Crippen LogP contribution in [0.25, 0.3) is 0 Å². The maximum Gasteiger partial charge on any atom is 0.343 e. The number of rotatable bonds is 13. The van der Waals surface area contributed by atoms with Gasteiger partial charge in [0, 0.05) is 12.0 Å². The van der Waals surface area contributed by atoms with E-state index in [1.807, 2.05) is 46.0 Å². The number of ether oxygens (including phenoxy) is 1. The third-order valence-electron chi connectivity index (χ3n) is 6.30. The highest BCUT2D eigenvalue weighted by molar-refractivity contribution is 5.91. The van der Waals surface area contributed by atoms with Crippen molar-refractivity contribution in [2.75, 3.05) is 13.6 Å². The van der Waals surface area contributed by atoms with Crippen LogP contribution in [0.3, 0.4) is 0 Å². The number of esters is 1. The van der Waals surface area contributed by atoms with Crippen LogP contribution in [-0.2, 0) is 16.0 Å². The van der Waals surface area contributed by atoms with Gasteiger partial charge in [0.15, 0.2) is 0 Å². The summed E-state index contributed by atoms with van der Waals surface area (Å²) in [5.74, 6) is 0.471. The van der Waals surface area contributed by atoms with Crippen LogP contribution >= 0.6 is 0 Å². The van der Waals surface area contributed by atoms with Crippen molar-refractivity contribution >= 4 is 17.8 Å². The first-order valence-electron chi connectivity index (χ1n) is 13.9. The maximum absolute atomic E-state index is 13.6. The van der Waals surface area contributed by atoms with Crippen molar-refractivity contribution in [2.24, 2.45) is 11.8 Å². The van der Waals surface area contributed by atoms with Crippen molar-refractivity contribution in [3.63, 3.8) is 0 Å². The summed E-state index contributed by atoms with van der Waals surface area (Å²) < 4.78 is 5.48.